The third kappa shape index (κ3) is 1.23. The second-order valence-corrected chi connectivity index (χ2v) is 4.23. The summed E-state index contributed by atoms with van der Waals surface area (Å²) in [5.74, 6) is 0. The van der Waals surface area contributed by atoms with Crippen molar-refractivity contribution in [3.8, 4) is 6.07 Å². The Morgan fingerprint density at radius 2 is 2.07 bits per heavy atom. The highest BCUT2D eigenvalue weighted by Gasteiger charge is 2.33. The number of rotatable bonds is 0. The molecule has 14 heavy (non-hydrogen) atoms. The molecule has 0 aromatic carbocycles. The van der Waals surface area contributed by atoms with Crippen LogP contribution in [0.5, 0.6) is 0 Å². The van der Waals surface area contributed by atoms with E-state index < -0.39 is 0 Å². The van der Waals surface area contributed by atoms with E-state index in [4.69, 9.17) is 11.0 Å². The molecule has 1 unspecified atom stereocenters. The first-order valence-corrected chi connectivity index (χ1v) is 4.91. The third-order valence-corrected chi connectivity index (χ3v) is 3.31. The maximum Gasteiger partial charge on any atom is 0.0979 e. The summed E-state index contributed by atoms with van der Waals surface area (Å²) in [7, 11) is 0. The molecule has 0 aliphatic carbocycles. The Hall–Kier alpha value is -1.27. The number of nitrogens with two attached hydrogens (primary N) is 1. The van der Waals surface area contributed by atoms with Gasteiger partial charge in [-0.3, -0.25) is 4.90 Å². The van der Waals surface area contributed by atoms with Gasteiger partial charge in [-0.05, 0) is 20.3 Å². The van der Waals surface area contributed by atoms with E-state index in [-0.39, 0.29) is 6.04 Å². The van der Waals surface area contributed by atoms with Gasteiger partial charge in [0.1, 0.15) is 0 Å². The Kier molecular flexibility index (Phi) is 2.09. The monoisotopic (exact) mass is 189 g/mol. The fourth-order valence-electron chi connectivity index (χ4n) is 2.21. The van der Waals surface area contributed by atoms with Gasteiger partial charge in [0.2, 0.25) is 0 Å². The Morgan fingerprint density at radius 1 is 1.36 bits per heavy atom. The summed E-state index contributed by atoms with van der Waals surface area (Å²) in [6.07, 6.45) is 0.989. The summed E-state index contributed by atoms with van der Waals surface area (Å²) in [5, 5.41) is 8.89. The number of nitriles is 1. The zero-order chi connectivity index (χ0) is 10.3. The Morgan fingerprint density at radius 3 is 2.71 bits per heavy atom. The molecular formula is C11H15N3. The second kappa shape index (κ2) is 3.14. The van der Waals surface area contributed by atoms with Crippen molar-refractivity contribution in [2.75, 3.05) is 13.1 Å². The van der Waals surface area contributed by atoms with Crippen molar-refractivity contribution in [1.82, 2.24) is 4.90 Å². The van der Waals surface area contributed by atoms with Crippen LogP contribution in [0.1, 0.15) is 20.3 Å². The molecule has 3 nitrogen and oxygen atoms in total. The number of nitrogens with zero attached hydrogens (tertiary/aromatic N) is 2. The summed E-state index contributed by atoms with van der Waals surface area (Å²) >= 11 is 0. The maximum atomic E-state index is 8.89. The molecule has 2 heterocycles. The quantitative estimate of drug-likeness (QED) is 0.581. The SMILES string of the molecule is CC1=C(C)CN2CC(C#N)=C(N)C2C1. The fraction of sp³-hybridized carbons (Fsp3) is 0.545. The molecule has 2 N–H and O–H groups in total. The van der Waals surface area contributed by atoms with Crippen LogP contribution in [0.25, 0.3) is 0 Å². The lowest BCUT2D eigenvalue weighted by atomic mass is 9.96. The minimum absolute atomic E-state index is 0.286. The van der Waals surface area contributed by atoms with Crippen LogP contribution in [0, 0.1) is 11.3 Å². The second-order valence-electron chi connectivity index (χ2n) is 4.23. The predicted octanol–water partition coefficient (Wildman–Crippen LogP) is 1.15. The Labute approximate surface area is 84.5 Å². The van der Waals surface area contributed by atoms with Gasteiger partial charge in [-0.15, -0.1) is 0 Å². The minimum atomic E-state index is 0.286. The maximum absolute atomic E-state index is 8.89. The molecule has 0 spiro atoms. The van der Waals surface area contributed by atoms with Crippen LogP contribution in [-0.4, -0.2) is 24.0 Å². The molecule has 0 saturated carbocycles. The molecule has 2 aliphatic rings. The molecule has 0 aromatic heterocycles. The Balaban J connectivity index is 2.28. The number of fused-ring (bicyclic) bond motifs is 1. The highest BCUT2D eigenvalue weighted by atomic mass is 15.2. The zero-order valence-corrected chi connectivity index (χ0v) is 8.67. The molecule has 2 aliphatic heterocycles. The van der Waals surface area contributed by atoms with Gasteiger partial charge < -0.3 is 5.73 Å². The molecule has 0 aromatic rings. The summed E-state index contributed by atoms with van der Waals surface area (Å²) in [6, 6.07) is 2.48. The van der Waals surface area contributed by atoms with Crippen LogP contribution >= 0.6 is 0 Å². The molecule has 0 radical (unpaired) electrons. The van der Waals surface area contributed by atoms with E-state index in [1.165, 1.54) is 11.1 Å². The van der Waals surface area contributed by atoms with E-state index in [2.05, 4.69) is 24.8 Å². The Bertz CT molecular complexity index is 370. The van der Waals surface area contributed by atoms with E-state index >= 15 is 0 Å². The van der Waals surface area contributed by atoms with Crippen molar-refractivity contribution in [1.29, 1.82) is 5.26 Å². The molecule has 1 atom stereocenters. The van der Waals surface area contributed by atoms with Crippen LogP contribution in [-0.2, 0) is 0 Å². The van der Waals surface area contributed by atoms with Gasteiger partial charge in [0.05, 0.1) is 17.7 Å². The first kappa shape index (κ1) is 9.29. The van der Waals surface area contributed by atoms with Crippen molar-refractivity contribution in [2.24, 2.45) is 5.73 Å². The normalized spacial score (nSPS) is 27.9. The topological polar surface area (TPSA) is 53.0 Å². The standard InChI is InChI=1S/C11H15N3/c1-7-3-10-11(13)9(4-12)6-14(10)5-8(7)2/h10H,3,5-6,13H2,1-2H3. The summed E-state index contributed by atoms with van der Waals surface area (Å²) < 4.78 is 0. The van der Waals surface area contributed by atoms with Crippen molar-refractivity contribution in [3.05, 3.63) is 22.4 Å². The van der Waals surface area contributed by atoms with Crippen LogP contribution in [0.4, 0.5) is 0 Å². The zero-order valence-electron chi connectivity index (χ0n) is 8.67. The van der Waals surface area contributed by atoms with Crippen LogP contribution < -0.4 is 5.73 Å². The van der Waals surface area contributed by atoms with Crippen molar-refractivity contribution >= 4 is 0 Å². The van der Waals surface area contributed by atoms with Gasteiger partial charge >= 0.3 is 0 Å². The van der Waals surface area contributed by atoms with E-state index in [9.17, 15) is 0 Å². The highest BCUT2D eigenvalue weighted by molar-refractivity contribution is 5.38. The van der Waals surface area contributed by atoms with Crippen LogP contribution in [0.15, 0.2) is 22.4 Å². The number of hydrogen-bond acceptors (Lipinski definition) is 3. The molecule has 74 valence electrons. The lowest BCUT2D eigenvalue weighted by Crippen LogP contribution is -2.38. The average molecular weight is 189 g/mol. The lowest BCUT2D eigenvalue weighted by Gasteiger charge is -2.31. The fourth-order valence-corrected chi connectivity index (χ4v) is 2.21. The largest absolute Gasteiger partial charge is 0.400 e. The number of hydrogen-bond donors (Lipinski definition) is 1. The van der Waals surface area contributed by atoms with Gasteiger partial charge in [-0.2, -0.15) is 5.26 Å². The van der Waals surface area contributed by atoms with Crippen LogP contribution in [0.2, 0.25) is 0 Å². The molecule has 0 saturated heterocycles. The van der Waals surface area contributed by atoms with Gasteiger partial charge in [0.15, 0.2) is 0 Å². The van der Waals surface area contributed by atoms with E-state index in [0.717, 1.165) is 30.8 Å². The molecule has 0 bridgehead atoms. The van der Waals surface area contributed by atoms with Gasteiger partial charge in [-0.1, -0.05) is 11.1 Å². The van der Waals surface area contributed by atoms with Gasteiger partial charge in [0.25, 0.3) is 0 Å². The molecular weight excluding hydrogens is 174 g/mol. The van der Waals surface area contributed by atoms with Gasteiger partial charge in [-0.25, -0.2) is 0 Å². The molecule has 2 rings (SSSR count). The molecule has 0 fully saturated rings. The predicted molar refractivity (Wildman–Crippen MR) is 55.2 cm³/mol. The van der Waals surface area contributed by atoms with E-state index in [1.54, 1.807) is 0 Å². The lowest BCUT2D eigenvalue weighted by molar-refractivity contribution is 0.266. The molecule has 3 heteroatoms. The third-order valence-electron chi connectivity index (χ3n) is 3.31. The van der Waals surface area contributed by atoms with Gasteiger partial charge in [0, 0.05) is 18.8 Å². The average Bonchev–Trinajstić information content (AvgIpc) is 2.45. The first-order valence-electron chi connectivity index (χ1n) is 4.91. The smallest absolute Gasteiger partial charge is 0.0979 e. The van der Waals surface area contributed by atoms with E-state index in [1.807, 2.05) is 0 Å². The van der Waals surface area contributed by atoms with Crippen molar-refractivity contribution < 1.29 is 0 Å². The molecule has 0 amide bonds. The summed E-state index contributed by atoms with van der Waals surface area (Å²) in [4.78, 5) is 2.29. The van der Waals surface area contributed by atoms with E-state index in [0.29, 0.717) is 0 Å². The van der Waals surface area contributed by atoms with Crippen molar-refractivity contribution in [3.63, 3.8) is 0 Å². The first-order chi connectivity index (χ1) is 6.63. The highest BCUT2D eigenvalue weighted by Crippen LogP contribution is 2.31. The summed E-state index contributed by atoms with van der Waals surface area (Å²) in [6.45, 7) is 6.01. The van der Waals surface area contributed by atoms with Crippen molar-refractivity contribution in [2.45, 2.75) is 26.3 Å². The summed E-state index contributed by atoms with van der Waals surface area (Å²) in [5.41, 5.74) is 10.3. The van der Waals surface area contributed by atoms with Crippen LogP contribution in [0.3, 0.4) is 0 Å². The minimum Gasteiger partial charge on any atom is -0.400 e.